The van der Waals surface area contributed by atoms with Crippen molar-refractivity contribution in [1.82, 2.24) is 4.90 Å². The topological polar surface area (TPSA) is 40.5 Å². The molecule has 0 spiro atoms. The van der Waals surface area contributed by atoms with Gasteiger partial charge in [-0.2, -0.15) is 11.3 Å². The first-order chi connectivity index (χ1) is 9.13. The molecule has 0 amide bonds. The van der Waals surface area contributed by atoms with Crippen molar-refractivity contribution in [3.05, 3.63) is 57.8 Å². The van der Waals surface area contributed by atoms with Crippen LogP contribution < -0.4 is 0 Å². The van der Waals surface area contributed by atoms with Crippen molar-refractivity contribution < 1.29 is 9.90 Å². The zero-order chi connectivity index (χ0) is 13.7. The summed E-state index contributed by atoms with van der Waals surface area (Å²) in [6.07, 6.45) is 0.0883. The van der Waals surface area contributed by atoms with Crippen LogP contribution in [0.15, 0.2) is 41.1 Å². The molecule has 0 unspecified atom stereocenters. The van der Waals surface area contributed by atoms with E-state index in [9.17, 15) is 4.79 Å². The molecule has 2 aromatic rings. The third kappa shape index (κ3) is 4.50. The van der Waals surface area contributed by atoms with Gasteiger partial charge in [0.2, 0.25) is 0 Å². The van der Waals surface area contributed by atoms with Gasteiger partial charge in [-0.1, -0.05) is 24.3 Å². The number of hydrogen-bond acceptors (Lipinski definition) is 3. The second kappa shape index (κ2) is 6.50. The highest BCUT2D eigenvalue weighted by Gasteiger charge is 2.04. The van der Waals surface area contributed by atoms with Gasteiger partial charge in [0.1, 0.15) is 0 Å². The smallest absolute Gasteiger partial charge is 0.307 e. The molecule has 0 saturated heterocycles. The Hall–Kier alpha value is -1.65. The summed E-state index contributed by atoms with van der Waals surface area (Å²) in [5, 5.41) is 13.0. The van der Waals surface area contributed by atoms with Gasteiger partial charge in [-0.25, -0.2) is 0 Å². The van der Waals surface area contributed by atoms with Crippen LogP contribution in [-0.4, -0.2) is 23.0 Å². The molecule has 1 N–H and O–H groups in total. The number of carboxylic acids is 1. The van der Waals surface area contributed by atoms with Crippen LogP contribution in [0.3, 0.4) is 0 Å². The lowest BCUT2D eigenvalue weighted by atomic mass is 10.1. The summed E-state index contributed by atoms with van der Waals surface area (Å²) in [6.45, 7) is 1.80. The van der Waals surface area contributed by atoms with Gasteiger partial charge in [0.15, 0.2) is 0 Å². The van der Waals surface area contributed by atoms with E-state index in [4.69, 9.17) is 5.11 Å². The SMILES string of the molecule is CN(Cc1ccc(CC(=O)O)cc1)Cc1ccsc1. The molecular formula is C15H17NO2S. The second-order valence-electron chi connectivity index (χ2n) is 4.69. The highest BCUT2D eigenvalue weighted by atomic mass is 32.1. The molecule has 0 aliphatic rings. The van der Waals surface area contributed by atoms with E-state index in [1.807, 2.05) is 24.3 Å². The summed E-state index contributed by atoms with van der Waals surface area (Å²) in [7, 11) is 2.09. The zero-order valence-electron chi connectivity index (χ0n) is 10.9. The average Bonchev–Trinajstić information content (AvgIpc) is 2.83. The second-order valence-corrected chi connectivity index (χ2v) is 5.47. The fraction of sp³-hybridized carbons (Fsp3) is 0.267. The standard InChI is InChI=1S/C15H17NO2S/c1-16(10-14-6-7-19-11-14)9-13-4-2-12(3-5-13)8-15(17)18/h2-7,11H,8-10H2,1H3,(H,17,18). The first-order valence-corrected chi connectivity index (χ1v) is 7.07. The van der Waals surface area contributed by atoms with E-state index in [0.717, 1.165) is 18.7 Å². The van der Waals surface area contributed by atoms with Crippen molar-refractivity contribution in [2.24, 2.45) is 0 Å². The highest BCUT2D eigenvalue weighted by molar-refractivity contribution is 7.07. The maximum absolute atomic E-state index is 10.6. The monoisotopic (exact) mass is 275 g/mol. The Bertz CT molecular complexity index is 520. The van der Waals surface area contributed by atoms with Gasteiger partial charge in [-0.3, -0.25) is 9.69 Å². The molecule has 0 radical (unpaired) electrons. The maximum atomic E-state index is 10.6. The van der Waals surface area contributed by atoms with Crippen LogP contribution in [-0.2, 0) is 24.3 Å². The van der Waals surface area contributed by atoms with E-state index in [0.29, 0.717) is 0 Å². The molecule has 0 aliphatic heterocycles. The minimum atomic E-state index is -0.790. The molecule has 1 heterocycles. The molecule has 1 aromatic heterocycles. The maximum Gasteiger partial charge on any atom is 0.307 e. The van der Waals surface area contributed by atoms with E-state index in [1.165, 1.54) is 11.1 Å². The van der Waals surface area contributed by atoms with Gasteiger partial charge in [0, 0.05) is 13.1 Å². The van der Waals surface area contributed by atoms with Crippen molar-refractivity contribution >= 4 is 17.3 Å². The lowest BCUT2D eigenvalue weighted by molar-refractivity contribution is -0.136. The Kier molecular flexibility index (Phi) is 4.71. The summed E-state index contributed by atoms with van der Waals surface area (Å²) in [5.74, 6) is -0.790. The quantitative estimate of drug-likeness (QED) is 0.881. The van der Waals surface area contributed by atoms with Gasteiger partial charge in [-0.15, -0.1) is 0 Å². The van der Waals surface area contributed by atoms with Crippen LogP contribution >= 0.6 is 11.3 Å². The Labute approximate surface area is 117 Å². The molecule has 0 bridgehead atoms. The Balaban J connectivity index is 1.90. The van der Waals surface area contributed by atoms with Crippen molar-refractivity contribution in [3.63, 3.8) is 0 Å². The van der Waals surface area contributed by atoms with E-state index in [-0.39, 0.29) is 6.42 Å². The minimum absolute atomic E-state index is 0.0883. The summed E-state index contributed by atoms with van der Waals surface area (Å²) >= 11 is 1.71. The van der Waals surface area contributed by atoms with Crippen LogP contribution in [0.4, 0.5) is 0 Å². The summed E-state index contributed by atoms with van der Waals surface area (Å²) < 4.78 is 0. The molecule has 0 aliphatic carbocycles. The van der Waals surface area contributed by atoms with Gasteiger partial charge in [-0.05, 0) is 40.6 Å². The molecule has 1 aromatic carbocycles. The van der Waals surface area contributed by atoms with E-state index >= 15 is 0 Å². The van der Waals surface area contributed by atoms with Crippen LogP contribution in [0.1, 0.15) is 16.7 Å². The largest absolute Gasteiger partial charge is 0.481 e. The van der Waals surface area contributed by atoms with Crippen LogP contribution in [0.5, 0.6) is 0 Å². The molecule has 4 heteroatoms. The molecule has 2 rings (SSSR count). The van der Waals surface area contributed by atoms with Crippen molar-refractivity contribution in [2.75, 3.05) is 7.05 Å². The van der Waals surface area contributed by atoms with Crippen LogP contribution in [0.2, 0.25) is 0 Å². The lowest BCUT2D eigenvalue weighted by Crippen LogP contribution is -2.16. The fourth-order valence-electron chi connectivity index (χ4n) is 2.00. The number of carboxylic acid groups (broad SMARTS) is 1. The number of aliphatic carboxylic acids is 1. The molecular weight excluding hydrogens is 258 g/mol. The van der Waals surface area contributed by atoms with Crippen LogP contribution in [0.25, 0.3) is 0 Å². The summed E-state index contributed by atoms with van der Waals surface area (Å²) in [4.78, 5) is 12.8. The molecule has 3 nitrogen and oxygen atoms in total. The lowest BCUT2D eigenvalue weighted by Gasteiger charge is -2.16. The average molecular weight is 275 g/mol. The number of benzene rings is 1. The Morgan fingerprint density at radius 2 is 1.74 bits per heavy atom. The third-order valence-corrected chi connectivity index (χ3v) is 3.60. The van der Waals surface area contributed by atoms with Crippen molar-refractivity contribution in [2.45, 2.75) is 19.5 Å². The predicted octanol–water partition coefficient (Wildman–Crippen LogP) is 3.01. The van der Waals surface area contributed by atoms with Gasteiger partial charge >= 0.3 is 5.97 Å². The number of thiophene rings is 1. The third-order valence-electron chi connectivity index (χ3n) is 2.86. The molecule has 100 valence electrons. The summed E-state index contributed by atoms with van der Waals surface area (Å²) in [6, 6.07) is 9.92. The van der Waals surface area contributed by atoms with Crippen LogP contribution in [0, 0.1) is 0 Å². The van der Waals surface area contributed by atoms with Gasteiger partial charge < -0.3 is 5.11 Å². The molecule has 0 fully saturated rings. The first kappa shape index (κ1) is 13.8. The van der Waals surface area contributed by atoms with Crippen molar-refractivity contribution in [3.8, 4) is 0 Å². The van der Waals surface area contributed by atoms with Gasteiger partial charge in [0.25, 0.3) is 0 Å². The van der Waals surface area contributed by atoms with E-state index in [2.05, 4.69) is 28.8 Å². The Morgan fingerprint density at radius 3 is 2.32 bits per heavy atom. The number of rotatable bonds is 6. The zero-order valence-corrected chi connectivity index (χ0v) is 11.7. The van der Waals surface area contributed by atoms with E-state index in [1.54, 1.807) is 11.3 Å². The van der Waals surface area contributed by atoms with E-state index < -0.39 is 5.97 Å². The summed E-state index contributed by atoms with van der Waals surface area (Å²) in [5.41, 5.74) is 3.37. The van der Waals surface area contributed by atoms with Gasteiger partial charge in [0.05, 0.1) is 6.42 Å². The first-order valence-electron chi connectivity index (χ1n) is 6.13. The molecule has 19 heavy (non-hydrogen) atoms. The Morgan fingerprint density at radius 1 is 1.11 bits per heavy atom. The predicted molar refractivity (Wildman–Crippen MR) is 77.3 cm³/mol. The number of hydrogen-bond donors (Lipinski definition) is 1. The number of nitrogens with zero attached hydrogens (tertiary/aromatic N) is 1. The molecule has 0 saturated carbocycles. The normalized spacial score (nSPS) is 10.8. The highest BCUT2D eigenvalue weighted by Crippen LogP contribution is 2.12. The van der Waals surface area contributed by atoms with Crippen molar-refractivity contribution in [1.29, 1.82) is 0 Å². The number of carbonyl (C=O) groups is 1. The molecule has 0 atom stereocenters. The minimum Gasteiger partial charge on any atom is -0.481 e. The fourth-order valence-corrected chi connectivity index (χ4v) is 2.66.